The first-order valence-electron chi connectivity index (χ1n) is 7.57. The van der Waals surface area contributed by atoms with Crippen LogP contribution in [0.2, 0.25) is 5.02 Å². The van der Waals surface area contributed by atoms with Crippen molar-refractivity contribution in [2.75, 3.05) is 7.11 Å². The summed E-state index contributed by atoms with van der Waals surface area (Å²) in [6.07, 6.45) is 0.0768. The lowest BCUT2D eigenvalue weighted by molar-refractivity contribution is 0.0976. The Kier molecular flexibility index (Phi) is 4.64. The molecule has 0 saturated carbocycles. The van der Waals surface area contributed by atoms with Crippen LogP contribution in [0.1, 0.15) is 28.3 Å². The van der Waals surface area contributed by atoms with Crippen LogP contribution in [-0.4, -0.2) is 12.9 Å². The van der Waals surface area contributed by atoms with Gasteiger partial charge in [0.25, 0.3) is 0 Å². The maximum absolute atomic E-state index is 12.7. The lowest BCUT2D eigenvalue weighted by Crippen LogP contribution is -2.22. The van der Waals surface area contributed by atoms with Gasteiger partial charge in [-0.25, -0.2) is 0 Å². The lowest BCUT2D eigenvalue weighted by Gasteiger charge is -2.25. The van der Waals surface area contributed by atoms with E-state index in [0.717, 1.165) is 0 Å². The lowest BCUT2D eigenvalue weighted by atomic mass is 9.84. The van der Waals surface area contributed by atoms with Gasteiger partial charge in [-0.05, 0) is 30.3 Å². The number of fused-ring (bicyclic) bond motifs is 1. The molecule has 1 heterocycles. The van der Waals surface area contributed by atoms with Crippen LogP contribution in [0.5, 0.6) is 11.5 Å². The first kappa shape index (κ1) is 16.9. The number of ketones is 1. The quantitative estimate of drug-likeness (QED) is 0.844. The standard InChI is InChI=1S/C19H15ClN2O3/c1-24-13-4-2-3-11(7-13)17(23)9-14-15-8-12(20)5-6-18(15)25-19(22)16(14)10-21/h2-8,14H,9,22H2,1H3/t14-/m0/s1. The van der Waals surface area contributed by atoms with Crippen molar-refractivity contribution in [3.8, 4) is 17.6 Å². The Morgan fingerprint density at radius 3 is 2.88 bits per heavy atom. The monoisotopic (exact) mass is 354 g/mol. The van der Waals surface area contributed by atoms with Crippen LogP contribution in [0.15, 0.2) is 53.9 Å². The summed E-state index contributed by atoms with van der Waals surface area (Å²) in [6.45, 7) is 0. The van der Waals surface area contributed by atoms with E-state index in [9.17, 15) is 10.1 Å². The van der Waals surface area contributed by atoms with E-state index in [1.54, 1.807) is 42.5 Å². The number of carbonyl (C=O) groups is 1. The number of nitrogens with zero attached hydrogens (tertiary/aromatic N) is 1. The minimum atomic E-state index is -0.508. The third kappa shape index (κ3) is 3.30. The molecule has 2 N–H and O–H groups in total. The summed E-state index contributed by atoms with van der Waals surface area (Å²) in [7, 11) is 1.54. The molecule has 5 nitrogen and oxygen atoms in total. The zero-order valence-electron chi connectivity index (χ0n) is 13.5. The Morgan fingerprint density at radius 2 is 2.16 bits per heavy atom. The van der Waals surface area contributed by atoms with Gasteiger partial charge in [0.2, 0.25) is 5.88 Å². The topological polar surface area (TPSA) is 85.3 Å². The van der Waals surface area contributed by atoms with Gasteiger partial charge in [0.1, 0.15) is 17.6 Å². The predicted octanol–water partition coefficient (Wildman–Crippen LogP) is 3.79. The third-order valence-electron chi connectivity index (χ3n) is 4.08. The number of benzene rings is 2. The van der Waals surface area contributed by atoms with Crippen molar-refractivity contribution in [3.05, 3.63) is 70.1 Å². The second-order valence-corrected chi connectivity index (χ2v) is 6.02. The number of nitrogens with two attached hydrogens (primary N) is 1. The van der Waals surface area contributed by atoms with Gasteiger partial charge in [0.05, 0.1) is 12.7 Å². The van der Waals surface area contributed by atoms with E-state index in [1.165, 1.54) is 7.11 Å². The smallest absolute Gasteiger partial charge is 0.205 e. The highest BCUT2D eigenvalue weighted by molar-refractivity contribution is 6.30. The summed E-state index contributed by atoms with van der Waals surface area (Å²) < 4.78 is 10.6. The van der Waals surface area contributed by atoms with E-state index in [1.807, 2.05) is 0 Å². The molecule has 0 spiro atoms. The molecule has 0 aromatic heterocycles. The molecular weight excluding hydrogens is 340 g/mol. The predicted molar refractivity (Wildman–Crippen MR) is 93.6 cm³/mol. The van der Waals surface area contributed by atoms with Crippen molar-refractivity contribution < 1.29 is 14.3 Å². The molecule has 126 valence electrons. The number of allylic oxidation sites excluding steroid dienone is 1. The Balaban J connectivity index is 1.98. The van der Waals surface area contributed by atoms with Gasteiger partial charge in [0.15, 0.2) is 5.78 Å². The highest BCUT2D eigenvalue weighted by Crippen LogP contribution is 2.41. The molecule has 25 heavy (non-hydrogen) atoms. The van der Waals surface area contributed by atoms with Gasteiger partial charge >= 0.3 is 0 Å². The molecule has 0 amide bonds. The molecule has 6 heteroatoms. The Hall–Kier alpha value is -2.97. The first-order chi connectivity index (χ1) is 12.0. The zero-order valence-corrected chi connectivity index (χ0v) is 14.2. The number of hydrogen-bond acceptors (Lipinski definition) is 5. The van der Waals surface area contributed by atoms with Gasteiger partial charge < -0.3 is 15.2 Å². The van der Waals surface area contributed by atoms with Crippen LogP contribution < -0.4 is 15.2 Å². The van der Waals surface area contributed by atoms with Crippen LogP contribution >= 0.6 is 11.6 Å². The third-order valence-corrected chi connectivity index (χ3v) is 4.32. The minimum absolute atomic E-state index is 0.0146. The number of rotatable bonds is 4. The van der Waals surface area contributed by atoms with E-state index >= 15 is 0 Å². The number of nitriles is 1. The van der Waals surface area contributed by atoms with E-state index in [2.05, 4.69) is 6.07 Å². The molecule has 0 aliphatic carbocycles. The van der Waals surface area contributed by atoms with E-state index < -0.39 is 5.92 Å². The number of carbonyl (C=O) groups excluding carboxylic acids is 1. The average molecular weight is 355 g/mol. The number of ether oxygens (including phenoxy) is 2. The molecule has 0 fully saturated rings. The second-order valence-electron chi connectivity index (χ2n) is 5.59. The van der Waals surface area contributed by atoms with Gasteiger partial charge in [0, 0.05) is 28.5 Å². The van der Waals surface area contributed by atoms with Crippen LogP contribution in [0.4, 0.5) is 0 Å². The van der Waals surface area contributed by atoms with Crippen molar-refractivity contribution in [2.24, 2.45) is 5.73 Å². The van der Waals surface area contributed by atoms with Crippen molar-refractivity contribution in [1.29, 1.82) is 5.26 Å². The molecule has 0 bridgehead atoms. The molecule has 3 rings (SSSR count). The fraction of sp³-hybridized carbons (Fsp3) is 0.158. The number of halogens is 1. The highest BCUT2D eigenvalue weighted by atomic mass is 35.5. The highest BCUT2D eigenvalue weighted by Gasteiger charge is 2.31. The van der Waals surface area contributed by atoms with Gasteiger partial charge in [-0.1, -0.05) is 23.7 Å². The fourth-order valence-corrected chi connectivity index (χ4v) is 3.01. The summed E-state index contributed by atoms with van der Waals surface area (Å²) in [6, 6.07) is 14.0. The molecule has 0 radical (unpaired) electrons. The second kappa shape index (κ2) is 6.88. The average Bonchev–Trinajstić information content (AvgIpc) is 2.62. The van der Waals surface area contributed by atoms with Gasteiger partial charge in [-0.15, -0.1) is 0 Å². The van der Waals surface area contributed by atoms with Crippen LogP contribution in [-0.2, 0) is 0 Å². The molecule has 1 aliphatic rings. The molecular formula is C19H15ClN2O3. The van der Waals surface area contributed by atoms with Crippen molar-refractivity contribution >= 4 is 17.4 Å². The normalized spacial score (nSPS) is 15.8. The van der Waals surface area contributed by atoms with Gasteiger partial charge in [-0.3, -0.25) is 4.79 Å². The molecule has 2 aromatic rings. The van der Waals surface area contributed by atoms with Crippen LogP contribution in [0.25, 0.3) is 0 Å². The summed E-state index contributed by atoms with van der Waals surface area (Å²) in [4.78, 5) is 12.7. The Labute approximate surface area is 150 Å². The van der Waals surface area contributed by atoms with Crippen LogP contribution in [0.3, 0.4) is 0 Å². The van der Waals surface area contributed by atoms with E-state index in [4.69, 9.17) is 26.8 Å². The molecule has 0 unspecified atom stereocenters. The molecule has 0 saturated heterocycles. The minimum Gasteiger partial charge on any atom is -0.497 e. The van der Waals surface area contributed by atoms with Crippen molar-refractivity contribution in [3.63, 3.8) is 0 Å². The summed E-state index contributed by atoms with van der Waals surface area (Å²) in [5, 5.41) is 9.96. The van der Waals surface area contributed by atoms with Gasteiger partial charge in [-0.2, -0.15) is 5.26 Å². The largest absolute Gasteiger partial charge is 0.497 e. The maximum atomic E-state index is 12.7. The molecule has 2 aromatic carbocycles. The summed E-state index contributed by atoms with van der Waals surface area (Å²) >= 11 is 6.08. The first-order valence-corrected chi connectivity index (χ1v) is 7.95. The Bertz CT molecular complexity index is 915. The fourth-order valence-electron chi connectivity index (χ4n) is 2.83. The maximum Gasteiger partial charge on any atom is 0.205 e. The molecule has 1 aliphatic heterocycles. The SMILES string of the molecule is COc1cccc(C(=O)C[C@@H]2C(C#N)=C(N)Oc3ccc(Cl)cc32)c1. The number of methoxy groups -OCH3 is 1. The van der Waals surface area contributed by atoms with Crippen molar-refractivity contribution in [1.82, 2.24) is 0 Å². The molecule has 1 atom stereocenters. The summed E-state index contributed by atoms with van der Waals surface area (Å²) in [5.74, 6) is 0.477. The summed E-state index contributed by atoms with van der Waals surface area (Å²) in [5.41, 5.74) is 7.27. The number of Topliss-reactive ketones (excluding diaryl/α,β-unsaturated/α-hetero) is 1. The van der Waals surface area contributed by atoms with E-state index in [-0.39, 0.29) is 23.7 Å². The number of hydrogen-bond donors (Lipinski definition) is 1. The Morgan fingerprint density at radius 1 is 1.36 bits per heavy atom. The van der Waals surface area contributed by atoms with Crippen LogP contribution in [0, 0.1) is 11.3 Å². The van der Waals surface area contributed by atoms with E-state index in [0.29, 0.717) is 27.6 Å². The van der Waals surface area contributed by atoms with Crippen molar-refractivity contribution in [2.45, 2.75) is 12.3 Å². The zero-order chi connectivity index (χ0) is 18.0.